The van der Waals surface area contributed by atoms with Crippen LogP contribution in [0.1, 0.15) is 70.3 Å². The summed E-state index contributed by atoms with van der Waals surface area (Å²) in [4.78, 5) is 17.9. The Hall–Kier alpha value is -2.71. The number of nitrogens with zero attached hydrogens (tertiary/aromatic N) is 2. The van der Waals surface area contributed by atoms with Crippen LogP contribution in [0.5, 0.6) is 0 Å². The quantitative estimate of drug-likeness (QED) is 0.311. The second-order valence-electron chi connectivity index (χ2n) is 10.2. The molecule has 1 aliphatic heterocycles. The number of fused-ring (bicyclic) bond motifs is 2. The van der Waals surface area contributed by atoms with Gasteiger partial charge in [-0.2, -0.15) is 0 Å². The number of carbonyl (C=O) groups excluding carboxylic acids is 1. The summed E-state index contributed by atoms with van der Waals surface area (Å²) in [6.07, 6.45) is -7.39. The molecule has 2 aromatic carbocycles. The molecule has 1 aliphatic carbocycles. The number of hydrogen-bond acceptors (Lipinski definition) is 5. The van der Waals surface area contributed by atoms with Crippen LogP contribution >= 0.6 is 0 Å². The Morgan fingerprint density at radius 1 is 1.26 bits per heavy atom. The van der Waals surface area contributed by atoms with Crippen molar-refractivity contribution in [2.24, 2.45) is 10.9 Å². The number of aliphatic imine (C=N–C) groups is 1. The lowest BCUT2D eigenvalue weighted by atomic mass is 9.64. The maximum absolute atomic E-state index is 15.7. The standard InChI is InChI=1S/C30H37F3N2O3/c1-20(2)28-24-12-11-22(31)17-25(24)30(32,33)19-29(28,38-27(36)18-37-4)13-15-35(3)14-7-9-23-16-21-8-5-6-10-26(21)34-23/h5-6,8,10-12,17,20,28H,7,9,13-16,18-19H2,1-4H3/t28-,29+/m0/s1/i7D2,9D2,14D2. The molecule has 0 unspecified atom stereocenters. The van der Waals surface area contributed by atoms with E-state index in [4.69, 9.17) is 17.7 Å². The number of methoxy groups -OCH3 is 1. The zero-order valence-corrected chi connectivity index (χ0v) is 22.0. The Balaban J connectivity index is 1.68. The van der Waals surface area contributed by atoms with Crippen molar-refractivity contribution in [3.8, 4) is 0 Å². The Labute approximate surface area is 231 Å². The van der Waals surface area contributed by atoms with Gasteiger partial charge in [0.2, 0.25) is 0 Å². The summed E-state index contributed by atoms with van der Waals surface area (Å²) in [6.45, 7) is -0.409. The fourth-order valence-electron chi connectivity index (χ4n) is 5.53. The zero-order valence-electron chi connectivity index (χ0n) is 28.0. The fraction of sp³-hybridized carbons (Fsp3) is 0.533. The van der Waals surface area contributed by atoms with E-state index < -0.39 is 79.5 Å². The van der Waals surface area contributed by atoms with Crippen LogP contribution in [0.2, 0.25) is 0 Å². The van der Waals surface area contributed by atoms with Crippen molar-refractivity contribution in [1.82, 2.24) is 4.90 Å². The second kappa shape index (κ2) is 11.6. The third-order valence-electron chi connectivity index (χ3n) is 7.01. The molecule has 38 heavy (non-hydrogen) atoms. The average molecular weight is 537 g/mol. The van der Waals surface area contributed by atoms with Crippen LogP contribution in [-0.4, -0.2) is 56.0 Å². The first-order valence-corrected chi connectivity index (χ1v) is 12.6. The highest BCUT2D eigenvalue weighted by molar-refractivity contribution is 5.93. The van der Waals surface area contributed by atoms with Gasteiger partial charge in [0, 0.05) is 51.9 Å². The van der Waals surface area contributed by atoms with Gasteiger partial charge in [0.1, 0.15) is 18.0 Å². The minimum Gasteiger partial charge on any atom is -0.456 e. The fourth-order valence-corrected chi connectivity index (χ4v) is 5.53. The highest BCUT2D eigenvalue weighted by atomic mass is 19.3. The van der Waals surface area contributed by atoms with E-state index in [1.807, 2.05) is 0 Å². The normalized spacial score (nSPS) is 25.3. The summed E-state index contributed by atoms with van der Waals surface area (Å²) in [5.41, 5.74) is -1.32. The van der Waals surface area contributed by atoms with E-state index in [-0.39, 0.29) is 24.1 Å². The third kappa shape index (κ3) is 6.12. The van der Waals surface area contributed by atoms with Crippen molar-refractivity contribution >= 4 is 17.4 Å². The van der Waals surface area contributed by atoms with Crippen LogP contribution in [0, 0.1) is 11.7 Å². The first-order valence-electron chi connectivity index (χ1n) is 15.6. The minimum atomic E-state index is -3.62. The number of hydrogen-bond donors (Lipinski definition) is 0. The maximum Gasteiger partial charge on any atom is 0.332 e. The molecular formula is C30H37F3N2O3. The third-order valence-corrected chi connectivity index (χ3v) is 7.01. The van der Waals surface area contributed by atoms with Gasteiger partial charge in [-0.25, -0.2) is 18.0 Å². The van der Waals surface area contributed by atoms with E-state index in [9.17, 15) is 9.18 Å². The number of alkyl halides is 2. The Morgan fingerprint density at radius 3 is 2.74 bits per heavy atom. The molecule has 0 amide bonds. The lowest BCUT2D eigenvalue weighted by Crippen LogP contribution is -2.52. The number of esters is 1. The van der Waals surface area contributed by atoms with Crippen LogP contribution in [0.15, 0.2) is 47.5 Å². The van der Waals surface area contributed by atoms with Crippen molar-refractivity contribution in [2.45, 2.75) is 63.3 Å². The van der Waals surface area contributed by atoms with Gasteiger partial charge in [0.05, 0.1) is 12.1 Å². The smallest absolute Gasteiger partial charge is 0.332 e. The van der Waals surface area contributed by atoms with Crippen molar-refractivity contribution in [3.05, 3.63) is 65.0 Å². The molecule has 2 aromatic rings. The van der Waals surface area contributed by atoms with Crippen LogP contribution in [0.4, 0.5) is 18.9 Å². The van der Waals surface area contributed by atoms with Crippen LogP contribution in [0.3, 0.4) is 0 Å². The van der Waals surface area contributed by atoms with E-state index >= 15 is 8.78 Å². The van der Waals surface area contributed by atoms with Gasteiger partial charge >= 0.3 is 5.97 Å². The summed E-state index contributed by atoms with van der Waals surface area (Å²) < 4.78 is 108. The molecule has 0 bridgehead atoms. The second-order valence-corrected chi connectivity index (χ2v) is 10.2. The average Bonchev–Trinajstić information content (AvgIpc) is 3.37. The van der Waals surface area contributed by atoms with Gasteiger partial charge in [-0.1, -0.05) is 38.1 Å². The van der Waals surface area contributed by atoms with Gasteiger partial charge in [-0.3, -0.25) is 4.99 Å². The summed E-state index contributed by atoms with van der Waals surface area (Å²) in [7, 11) is 2.46. The Kier molecular flexibility index (Phi) is 6.45. The highest BCUT2D eigenvalue weighted by Gasteiger charge is 2.57. The van der Waals surface area contributed by atoms with Crippen molar-refractivity contribution < 1.29 is 35.7 Å². The number of para-hydroxylation sites is 1. The molecule has 5 nitrogen and oxygen atoms in total. The predicted octanol–water partition coefficient (Wildman–Crippen LogP) is 6.42. The van der Waals surface area contributed by atoms with E-state index in [0.29, 0.717) is 11.3 Å². The summed E-state index contributed by atoms with van der Waals surface area (Å²) >= 11 is 0. The molecule has 4 rings (SSSR count). The molecule has 0 aromatic heterocycles. The van der Waals surface area contributed by atoms with Crippen molar-refractivity contribution in [2.75, 3.05) is 33.8 Å². The van der Waals surface area contributed by atoms with Gasteiger partial charge in [0.25, 0.3) is 5.92 Å². The molecule has 0 radical (unpaired) electrons. The number of ether oxygens (including phenoxy) is 2. The minimum absolute atomic E-state index is 0.00615. The van der Waals surface area contributed by atoms with Gasteiger partial charge in [0.15, 0.2) is 0 Å². The van der Waals surface area contributed by atoms with E-state index in [1.54, 1.807) is 38.1 Å². The lowest BCUT2D eigenvalue weighted by Gasteiger charge is -2.49. The first kappa shape index (κ1) is 21.2. The zero-order chi connectivity index (χ0) is 32.9. The summed E-state index contributed by atoms with van der Waals surface area (Å²) in [5, 5.41) is 0. The van der Waals surface area contributed by atoms with Crippen LogP contribution in [0.25, 0.3) is 0 Å². The monoisotopic (exact) mass is 536 g/mol. The molecule has 8 heteroatoms. The maximum atomic E-state index is 15.7. The molecule has 0 fully saturated rings. The Bertz CT molecular complexity index is 1440. The molecule has 206 valence electrons. The van der Waals surface area contributed by atoms with Crippen molar-refractivity contribution in [1.29, 1.82) is 0 Å². The largest absolute Gasteiger partial charge is 0.456 e. The molecule has 0 spiro atoms. The van der Waals surface area contributed by atoms with Crippen LogP contribution in [-0.2, 0) is 26.6 Å². The molecule has 2 aliphatic rings. The topological polar surface area (TPSA) is 51.1 Å². The predicted molar refractivity (Wildman–Crippen MR) is 142 cm³/mol. The highest BCUT2D eigenvalue weighted by Crippen LogP contribution is 2.55. The molecule has 2 atom stereocenters. The number of carbonyl (C=O) groups is 1. The van der Waals surface area contributed by atoms with Gasteiger partial charge in [-0.15, -0.1) is 0 Å². The van der Waals surface area contributed by atoms with Crippen LogP contribution < -0.4 is 0 Å². The lowest BCUT2D eigenvalue weighted by molar-refractivity contribution is -0.188. The number of halogens is 3. The molecule has 0 saturated heterocycles. The summed E-state index contributed by atoms with van der Waals surface area (Å²) in [6, 6.07) is 9.94. The van der Waals surface area contributed by atoms with Gasteiger partial charge < -0.3 is 14.4 Å². The molecule has 0 N–H and O–H groups in total. The number of rotatable bonds is 11. The van der Waals surface area contributed by atoms with E-state index in [1.165, 1.54) is 20.2 Å². The van der Waals surface area contributed by atoms with E-state index in [2.05, 4.69) is 4.99 Å². The van der Waals surface area contributed by atoms with Crippen molar-refractivity contribution in [3.63, 3.8) is 0 Å². The number of benzene rings is 2. The first-order chi connectivity index (χ1) is 20.3. The SMILES string of the molecule is [2H]C([2H])(C1=Nc2ccccc2C1)C([2H])([2H])C([2H])([2H])N(C)CC[C@@]1(OC(=O)COC)CC(F)(F)c2cc(F)ccc2[C@@H]1C(C)C. The van der Waals surface area contributed by atoms with Gasteiger partial charge in [-0.05, 0) is 61.5 Å². The van der Waals surface area contributed by atoms with E-state index in [0.717, 1.165) is 17.0 Å². The molecular weight excluding hydrogens is 493 g/mol. The molecule has 1 heterocycles. The Morgan fingerprint density at radius 2 is 2.03 bits per heavy atom. The molecule has 0 saturated carbocycles. The summed E-state index contributed by atoms with van der Waals surface area (Å²) in [5.74, 6) is -6.62.